The molecule has 0 spiro atoms. The number of nitrogens with zero attached hydrogens (tertiary/aromatic N) is 2. The molecule has 2 aliphatic heterocycles. The van der Waals surface area contributed by atoms with E-state index in [9.17, 15) is 0 Å². The van der Waals surface area contributed by atoms with Crippen LogP contribution in [0.4, 0.5) is 0 Å². The lowest BCUT2D eigenvalue weighted by Crippen LogP contribution is -2.38. The smallest absolute Gasteiger partial charge is 0.00219 e. The molecule has 2 aliphatic rings. The Labute approximate surface area is 118 Å². The molecule has 0 bridgehead atoms. The summed E-state index contributed by atoms with van der Waals surface area (Å²) >= 11 is 0. The topological polar surface area (TPSA) is 6.48 Å². The second kappa shape index (κ2) is 9.78. The van der Waals surface area contributed by atoms with Gasteiger partial charge in [0.05, 0.1) is 0 Å². The molecule has 0 saturated carbocycles. The van der Waals surface area contributed by atoms with E-state index in [0.29, 0.717) is 0 Å². The number of rotatable bonds is 2. The fourth-order valence-electron chi connectivity index (χ4n) is 2.75. The SMILES string of the molecule is CN1CCCC(CN2CCCC2)C1.Cl.Cl.Cl. The van der Waals surface area contributed by atoms with Crippen LogP contribution in [0.3, 0.4) is 0 Å². The van der Waals surface area contributed by atoms with Crippen LogP contribution in [0.2, 0.25) is 0 Å². The molecule has 0 aromatic heterocycles. The normalized spacial score (nSPS) is 26.4. The summed E-state index contributed by atoms with van der Waals surface area (Å²) in [5, 5.41) is 0. The van der Waals surface area contributed by atoms with Crippen LogP contribution in [0.15, 0.2) is 0 Å². The highest BCUT2D eigenvalue weighted by atomic mass is 35.5. The minimum absolute atomic E-state index is 0. The maximum absolute atomic E-state index is 2.66. The summed E-state index contributed by atoms with van der Waals surface area (Å²) in [7, 11) is 2.26. The molecule has 0 aliphatic carbocycles. The Kier molecular flexibility index (Phi) is 11.7. The summed E-state index contributed by atoms with van der Waals surface area (Å²) in [5.74, 6) is 0.955. The lowest BCUT2D eigenvalue weighted by Gasteiger charge is -2.32. The van der Waals surface area contributed by atoms with E-state index in [-0.39, 0.29) is 37.2 Å². The molecule has 100 valence electrons. The zero-order valence-electron chi connectivity index (χ0n) is 10.1. The van der Waals surface area contributed by atoms with Crippen LogP contribution < -0.4 is 0 Å². The van der Waals surface area contributed by atoms with Gasteiger partial charge in [0.1, 0.15) is 0 Å². The monoisotopic (exact) mass is 290 g/mol. The predicted molar refractivity (Wildman–Crippen MR) is 77.6 cm³/mol. The number of likely N-dealkylation sites (tertiary alicyclic amines) is 2. The van der Waals surface area contributed by atoms with Crippen LogP contribution in [-0.2, 0) is 0 Å². The molecule has 5 heteroatoms. The first kappa shape index (κ1) is 19.1. The molecule has 2 fully saturated rings. The van der Waals surface area contributed by atoms with Crippen molar-refractivity contribution in [3.8, 4) is 0 Å². The zero-order valence-corrected chi connectivity index (χ0v) is 12.5. The minimum atomic E-state index is 0. The minimum Gasteiger partial charge on any atom is -0.306 e. The van der Waals surface area contributed by atoms with Crippen LogP contribution >= 0.6 is 37.2 Å². The van der Waals surface area contributed by atoms with Crippen molar-refractivity contribution in [2.45, 2.75) is 25.7 Å². The Hall–Kier alpha value is 0.790. The number of piperidine rings is 1. The van der Waals surface area contributed by atoms with Gasteiger partial charge in [0.15, 0.2) is 0 Å². The molecule has 0 amide bonds. The van der Waals surface area contributed by atoms with Gasteiger partial charge in [-0.1, -0.05) is 0 Å². The van der Waals surface area contributed by atoms with E-state index in [0.717, 1.165) is 5.92 Å². The highest BCUT2D eigenvalue weighted by Gasteiger charge is 2.21. The van der Waals surface area contributed by atoms with Crippen LogP contribution in [0.5, 0.6) is 0 Å². The number of halogens is 3. The second-order valence-corrected chi connectivity index (χ2v) is 4.78. The molecule has 0 aromatic rings. The average Bonchev–Trinajstić information content (AvgIpc) is 2.57. The van der Waals surface area contributed by atoms with E-state index in [1.54, 1.807) is 0 Å². The first-order valence-electron chi connectivity index (χ1n) is 5.75. The molecule has 1 atom stereocenters. The lowest BCUT2D eigenvalue weighted by molar-refractivity contribution is 0.166. The van der Waals surface area contributed by atoms with Crippen molar-refractivity contribution in [2.24, 2.45) is 5.92 Å². The van der Waals surface area contributed by atoms with Crippen LogP contribution in [-0.4, -0.2) is 49.6 Å². The highest BCUT2D eigenvalue weighted by Crippen LogP contribution is 2.18. The van der Waals surface area contributed by atoms with Crippen molar-refractivity contribution >= 4 is 37.2 Å². The number of hydrogen-bond acceptors (Lipinski definition) is 2. The Morgan fingerprint density at radius 2 is 1.56 bits per heavy atom. The van der Waals surface area contributed by atoms with E-state index in [2.05, 4.69) is 16.8 Å². The van der Waals surface area contributed by atoms with Gasteiger partial charge in [-0.25, -0.2) is 0 Å². The third kappa shape index (κ3) is 5.92. The van der Waals surface area contributed by atoms with Gasteiger partial charge in [0.25, 0.3) is 0 Å². The quantitative estimate of drug-likeness (QED) is 0.772. The first-order chi connectivity index (χ1) is 6.34. The molecule has 1 unspecified atom stereocenters. The fraction of sp³-hybridized carbons (Fsp3) is 1.00. The van der Waals surface area contributed by atoms with Crippen molar-refractivity contribution in [2.75, 3.05) is 39.8 Å². The van der Waals surface area contributed by atoms with E-state index < -0.39 is 0 Å². The molecule has 2 saturated heterocycles. The van der Waals surface area contributed by atoms with Gasteiger partial charge in [-0.2, -0.15) is 0 Å². The molecule has 0 N–H and O–H groups in total. The Morgan fingerprint density at radius 3 is 2.12 bits per heavy atom. The summed E-state index contributed by atoms with van der Waals surface area (Å²) in [6, 6.07) is 0. The van der Waals surface area contributed by atoms with Gasteiger partial charge in [-0.3, -0.25) is 0 Å². The second-order valence-electron chi connectivity index (χ2n) is 4.78. The van der Waals surface area contributed by atoms with Gasteiger partial charge in [0.2, 0.25) is 0 Å². The van der Waals surface area contributed by atoms with Crippen LogP contribution in [0.1, 0.15) is 25.7 Å². The third-order valence-corrected chi connectivity index (χ3v) is 3.44. The summed E-state index contributed by atoms with van der Waals surface area (Å²) in [4.78, 5) is 5.15. The molecule has 2 nitrogen and oxygen atoms in total. The maximum atomic E-state index is 2.66. The Morgan fingerprint density at radius 1 is 0.938 bits per heavy atom. The van der Waals surface area contributed by atoms with Crippen molar-refractivity contribution < 1.29 is 0 Å². The molecule has 2 heterocycles. The number of hydrogen-bond donors (Lipinski definition) is 0. The molecule has 16 heavy (non-hydrogen) atoms. The summed E-state index contributed by atoms with van der Waals surface area (Å²) in [6.45, 7) is 6.73. The molecule has 0 radical (unpaired) electrons. The standard InChI is InChI=1S/C11H22N2.3ClH/c1-12-6-4-5-11(9-12)10-13-7-2-3-8-13;;;/h11H,2-10H2,1H3;3*1H. The maximum Gasteiger partial charge on any atom is 0.00219 e. The van der Waals surface area contributed by atoms with Gasteiger partial charge >= 0.3 is 0 Å². The largest absolute Gasteiger partial charge is 0.306 e. The Balaban J connectivity index is 0. The van der Waals surface area contributed by atoms with Gasteiger partial charge in [-0.15, -0.1) is 37.2 Å². The average molecular weight is 292 g/mol. The molecular weight excluding hydrogens is 266 g/mol. The van der Waals surface area contributed by atoms with Crippen molar-refractivity contribution in [1.82, 2.24) is 9.80 Å². The van der Waals surface area contributed by atoms with E-state index in [1.807, 2.05) is 0 Å². The lowest BCUT2D eigenvalue weighted by atomic mass is 9.98. The van der Waals surface area contributed by atoms with Crippen LogP contribution in [0, 0.1) is 5.92 Å². The van der Waals surface area contributed by atoms with Gasteiger partial charge in [-0.05, 0) is 58.3 Å². The van der Waals surface area contributed by atoms with Crippen molar-refractivity contribution in [1.29, 1.82) is 0 Å². The van der Waals surface area contributed by atoms with Crippen LogP contribution in [0.25, 0.3) is 0 Å². The van der Waals surface area contributed by atoms with E-state index in [1.165, 1.54) is 58.4 Å². The van der Waals surface area contributed by atoms with E-state index in [4.69, 9.17) is 0 Å². The summed E-state index contributed by atoms with van der Waals surface area (Å²) in [5.41, 5.74) is 0. The Bertz CT molecular complexity index is 163. The molecule has 0 aromatic carbocycles. The van der Waals surface area contributed by atoms with E-state index >= 15 is 0 Å². The zero-order chi connectivity index (χ0) is 9.10. The van der Waals surface area contributed by atoms with Crippen molar-refractivity contribution in [3.63, 3.8) is 0 Å². The summed E-state index contributed by atoms with van der Waals surface area (Å²) in [6.07, 6.45) is 5.74. The molecular formula is C11H25Cl3N2. The first-order valence-corrected chi connectivity index (χ1v) is 5.75. The highest BCUT2D eigenvalue weighted by molar-refractivity contribution is 5.86. The third-order valence-electron chi connectivity index (χ3n) is 3.44. The van der Waals surface area contributed by atoms with Gasteiger partial charge in [0, 0.05) is 13.1 Å². The summed E-state index contributed by atoms with van der Waals surface area (Å²) < 4.78 is 0. The van der Waals surface area contributed by atoms with Gasteiger partial charge < -0.3 is 9.80 Å². The molecule has 2 rings (SSSR count). The fourth-order valence-corrected chi connectivity index (χ4v) is 2.75. The predicted octanol–water partition coefficient (Wildman–Crippen LogP) is 2.69. The van der Waals surface area contributed by atoms with Crippen molar-refractivity contribution in [3.05, 3.63) is 0 Å².